The topological polar surface area (TPSA) is 41.1 Å². The first-order valence-corrected chi connectivity index (χ1v) is 5.38. The minimum Gasteiger partial charge on any atom is -0.326 e. The normalized spacial score (nSPS) is 12.5. The fourth-order valence-electron chi connectivity index (χ4n) is 1.42. The van der Waals surface area contributed by atoms with E-state index in [0.29, 0.717) is 12.2 Å². The number of anilines is 1. The van der Waals surface area contributed by atoms with Crippen molar-refractivity contribution in [3.63, 3.8) is 0 Å². The number of carbonyl (C=O) groups excluding carboxylic acids is 1. The van der Waals surface area contributed by atoms with Crippen molar-refractivity contribution in [1.29, 1.82) is 0 Å². The number of benzene rings is 1. The Hall–Kier alpha value is -1.49. The lowest BCUT2D eigenvalue weighted by molar-refractivity contribution is -0.119. The summed E-state index contributed by atoms with van der Waals surface area (Å²) >= 11 is 0. The van der Waals surface area contributed by atoms with Crippen molar-refractivity contribution in [3.8, 4) is 0 Å². The lowest BCUT2D eigenvalue weighted by atomic mass is 10.1. The molecule has 94 valence electrons. The van der Waals surface area contributed by atoms with Gasteiger partial charge in [-0.3, -0.25) is 4.79 Å². The van der Waals surface area contributed by atoms with Gasteiger partial charge in [-0.2, -0.15) is 0 Å². The van der Waals surface area contributed by atoms with E-state index in [4.69, 9.17) is 0 Å². The minimum absolute atomic E-state index is 0.0935. The van der Waals surface area contributed by atoms with E-state index in [-0.39, 0.29) is 17.4 Å². The van der Waals surface area contributed by atoms with Gasteiger partial charge in [0, 0.05) is 23.7 Å². The quantitative estimate of drug-likeness (QED) is 0.832. The lowest BCUT2D eigenvalue weighted by Gasteiger charge is -2.12. The number of halogens is 2. The molecule has 3 nitrogen and oxygen atoms in total. The van der Waals surface area contributed by atoms with Crippen molar-refractivity contribution < 1.29 is 13.6 Å². The molecular weight excluding hydrogens is 226 g/mol. The van der Waals surface area contributed by atoms with Crippen molar-refractivity contribution in [2.75, 3.05) is 18.9 Å². The molecule has 1 aromatic carbocycles. The second kappa shape index (κ2) is 6.30. The molecule has 0 bridgehead atoms. The Labute approximate surface area is 99.2 Å². The molecule has 0 spiro atoms. The summed E-state index contributed by atoms with van der Waals surface area (Å²) in [4.78, 5) is 11.6. The highest BCUT2D eigenvalue weighted by molar-refractivity contribution is 5.92. The summed E-state index contributed by atoms with van der Waals surface area (Å²) in [5.41, 5.74) is 0.305. The standard InChI is InChI=1S/C12H16F2N2O/c1-8(7-15-2)12(17)16-10-5-3-4-9(6-10)11(13)14/h3-6,8,11,15H,7H2,1-2H3,(H,16,17). The van der Waals surface area contributed by atoms with Crippen molar-refractivity contribution in [3.05, 3.63) is 29.8 Å². The lowest BCUT2D eigenvalue weighted by Crippen LogP contribution is -2.28. The van der Waals surface area contributed by atoms with Crippen LogP contribution in [0.2, 0.25) is 0 Å². The number of hydrogen-bond acceptors (Lipinski definition) is 2. The van der Waals surface area contributed by atoms with Gasteiger partial charge in [0.15, 0.2) is 0 Å². The van der Waals surface area contributed by atoms with Gasteiger partial charge in [0.1, 0.15) is 0 Å². The number of rotatable bonds is 5. The van der Waals surface area contributed by atoms with Crippen LogP contribution in [0.1, 0.15) is 18.9 Å². The van der Waals surface area contributed by atoms with E-state index in [2.05, 4.69) is 10.6 Å². The van der Waals surface area contributed by atoms with Gasteiger partial charge in [-0.25, -0.2) is 8.78 Å². The second-order valence-electron chi connectivity index (χ2n) is 3.87. The largest absolute Gasteiger partial charge is 0.326 e. The molecule has 0 aliphatic carbocycles. The molecule has 0 fully saturated rings. The third kappa shape index (κ3) is 4.11. The molecule has 0 aromatic heterocycles. The average Bonchev–Trinajstić information content (AvgIpc) is 2.29. The first kappa shape index (κ1) is 13.6. The number of amides is 1. The summed E-state index contributed by atoms with van der Waals surface area (Å²) < 4.78 is 24.9. The maximum atomic E-state index is 12.4. The van der Waals surface area contributed by atoms with Crippen molar-refractivity contribution in [1.82, 2.24) is 5.32 Å². The summed E-state index contributed by atoms with van der Waals surface area (Å²) in [5.74, 6) is -0.402. The molecule has 0 radical (unpaired) electrons. The monoisotopic (exact) mass is 242 g/mol. The summed E-state index contributed by atoms with van der Waals surface area (Å²) in [6, 6.07) is 5.71. The van der Waals surface area contributed by atoms with Crippen LogP contribution in [0.25, 0.3) is 0 Å². The zero-order valence-corrected chi connectivity index (χ0v) is 9.84. The minimum atomic E-state index is -2.53. The number of carbonyl (C=O) groups is 1. The van der Waals surface area contributed by atoms with Crippen LogP contribution in [0.3, 0.4) is 0 Å². The highest BCUT2D eigenvalue weighted by atomic mass is 19.3. The van der Waals surface area contributed by atoms with Gasteiger partial charge in [-0.15, -0.1) is 0 Å². The smallest absolute Gasteiger partial charge is 0.263 e. The molecule has 2 N–H and O–H groups in total. The van der Waals surface area contributed by atoms with Crippen LogP contribution in [-0.2, 0) is 4.79 Å². The summed E-state index contributed by atoms with van der Waals surface area (Å²) in [6.07, 6.45) is -2.53. The molecule has 0 saturated carbocycles. The average molecular weight is 242 g/mol. The molecular formula is C12H16F2N2O. The van der Waals surface area contributed by atoms with Gasteiger partial charge >= 0.3 is 0 Å². The Morgan fingerprint density at radius 1 is 1.41 bits per heavy atom. The van der Waals surface area contributed by atoms with E-state index in [0.717, 1.165) is 0 Å². The van der Waals surface area contributed by atoms with E-state index in [9.17, 15) is 13.6 Å². The van der Waals surface area contributed by atoms with Gasteiger partial charge in [-0.05, 0) is 19.2 Å². The Bertz CT molecular complexity index is 383. The van der Waals surface area contributed by atoms with Crippen LogP contribution in [0, 0.1) is 5.92 Å². The van der Waals surface area contributed by atoms with Crippen molar-refractivity contribution in [2.45, 2.75) is 13.3 Å². The molecule has 1 rings (SSSR count). The molecule has 0 aliphatic rings. The first-order chi connectivity index (χ1) is 8.04. The highest BCUT2D eigenvalue weighted by Gasteiger charge is 2.13. The number of nitrogens with one attached hydrogen (secondary N) is 2. The molecule has 0 aliphatic heterocycles. The summed E-state index contributed by atoms with van der Waals surface area (Å²) in [6.45, 7) is 2.31. The summed E-state index contributed by atoms with van der Waals surface area (Å²) in [5, 5.41) is 5.49. The van der Waals surface area contributed by atoms with E-state index in [1.54, 1.807) is 20.0 Å². The van der Waals surface area contributed by atoms with Crippen molar-refractivity contribution in [2.24, 2.45) is 5.92 Å². The zero-order valence-electron chi connectivity index (χ0n) is 9.84. The molecule has 0 saturated heterocycles. The molecule has 1 atom stereocenters. The van der Waals surface area contributed by atoms with Gasteiger partial charge in [0.05, 0.1) is 0 Å². The van der Waals surface area contributed by atoms with Crippen LogP contribution in [0.15, 0.2) is 24.3 Å². The van der Waals surface area contributed by atoms with Gasteiger partial charge in [0.2, 0.25) is 5.91 Å². The molecule has 1 unspecified atom stereocenters. The van der Waals surface area contributed by atoms with Crippen molar-refractivity contribution >= 4 is 11.6 Å². The highest BCUT2D eigenvalue weighted by Crippen LogP contribution is 2.21. The van der Waals surface area contributed by atoms with E-state index >= 15 is 0 Å². The molecule has 0 heterocycles. The SMILES string of the molecule is CNCC(C)C(=O)Nc1cccc(C(F)F)c1. The van der Waals surface area contributed by atoms with E-state index < -0.39 is 6.43 Å². The fraction of sp³-hybridized carbons (Fsp3) is 0.417. The maximum Gasteiger partial charge on any atom is 0.263 e. The molecule has 1 aromatic rings. The third-order valence-electron chi connectivity index (χ3n) is 2.36. The predicted molar refractivity (Wildman–Crippen MR) is 63.1 cm³/mol. The zero-order chi connectivity index (χ0) is 12.8. The van der Waals surface area contributed by atoms with E-state index in [1.165, 1.54) is 18.2 Å². The summed E-state index contributed by atoms with van der Waals surface area (Å²) in [7, 11) is 1.75. The Kier molecular flexibility index (Phi) is 5.03. The van der Waals surface area contributed by atoms with Gasteiger partial charge < -0.3 is 10.6 Å². The first-order valence-electron chi connectivity index (χ1n) is 5.38. The molecule has 5 heteroatoms. The van der Waals surface area contributed by atoms with Crippen LogP contribution in [-0.4, -0.2) is 19.5 Å². The molecule has 17 heavy (non-hydrogen) atoms. The number of hydrogen-bond donors (Lipinski definition) is 2. The van der Waals surface area contributed by atoms with Crippen LogP contribution in [0.4, 0.5) is 14.5 Å². The third-order valence-corrected chi connectivity index (χ3v) is 2.36. The molecule has 1 amide bonds. The number of alkyl halides is 2. The predicted octanol–water partition coefficient (Wildman–Crippen LogP) is 2.42. The van der Waals surface area contributed by atoms with Gasteiger partial charge in [0.25, 0.3) is 6.43 Å². The van der Waals surface area contributed by atoms with E-state index in [1.807, 2.05) is 0 Å². The van der Waals surface area contributed by atoms with Crippen LogP contribution < -0.4 is 10.6 Å². The van der Waals surface area contributed by atoms with Crippen LogP contribution in [0.5, 0.6) is 0 Å². The fourth-order valence-corrected chi connectivity index (χ4v) is 1.42. The van der Waals surface area contributed by atoms with Gasteiger partial charge in [-0.1, -0.05) is 19.1 Å². The second-order valence-corrected chi connectivity index (χ2v) is 3.87. The maximum absolute atomic E-state index is 12.4. The van der Waals surface area contributed by atoms with Crippen LogP contribution >= 0.6 is 0 Å². The Balaban J connectivity index is 2.68. The Morgan fingerprint density at radius 2 is 2.12 bits per heavy atom. The Morgan fingerprint density at radius 3 is 2.71 bits per heavy atom.